The number of fused-ring (bicyclic) bond motifs is 1. The molecule has 7 heteroatoms. The second-order valence-corrected chi connectivity index (χ2v) is 4.73. The summed E-state index contributed by atoms with van der Waals surface area (Å²) in [4.78, 5) is 6.99. The lowest BCUT2D eigenvalue weighted by Crippen LogP contribution is -2.43. The zero-order valence-electron chi connectivity index (χ0n) is 10.5. The van der Waals surface area contributed by atoms with Gasteiger partial charge in [0.2, 0.25) is 0 Å². The van der Waals surface area contributed by atoms with Crippen LogP contribution in [0, 0.1) is 0 Å². The van der Waals surface area contributed by atoms with Crippen LogP contribution < -0.4 is 20.4 Å². The van der Waals surface area contributed by atoms with Crippen molar-refractivity contribution in [3.05, 3.63) is 17.7 Å². The van der Waals surface area contributed by atoms with E-state index in [0.717, 1.165) is 56.3 Å². The molecule has 1 fully saturated rings. The summed E-state index contributed by atoms with van der Waals surface area (Å²) in [5, 5.41) is 3.35. The Bertz CT molecular complexity index is 452. The highest BCUT2D eigenvalue weighted by Crippen LogP contribution is 2.39. The molecule has 3 rings (SSSR count). The van der Waals surface area contributed by atoms with Crippen molar-refractivity contribution in [2.24, 2.45) is 0 Å². The fourth-order valence-corrected chi connectivity index (χ4v) is 2.59. The van der Waals surface area contributed by atoms with Gasteiger partial charge in [0.05, 0.1) is 18.0 Å². The van der Waals surface area contributed by atoms with Crippen molar-refractivity contribution < 1.29 is 14.1 Å². The first kappa shape index (κ1) is 12.9. The molecule has 19 heavy (non-hydrogen) atoms. The van der Waals surface area contributed by atoms with Crippen molar-refractivity contribution in [1.29, 1.82) is 0 Å². The van der Waals surface area contributed by atoms with E-state index in [-0.39, 0.29) is 0 Å². The molecular weight excluding hydrogens is 266 g/mol. The molecule has 2 aliphatic heterocycles. The monoisotopic (exact) mass is 283 g/mol. The number of rotatable bonds is 4. The van der Waals surface area contributed by atoms with Crippen LogP contribution in [0.1, 0.15) is 5.56 Å². The Hall–Kier alpha value is -1.15. The van der Waals surface area contributed by atoms with Crippen molar-refractivity contribution in [3.8, 4) is 5.75 Å². The van der Waals surface area contributed by atoms with E-state index in [2.05, 4.69) is 37.9 Å². The van der Waals surface area contributed by atoms with Gasteiger partial charge in [-0.2, -0.15) is 0 Å². The molecule has 0 aromatic heterocycles. The van der Waals surface area contributed by atoms with Gasteiger partial charge < -0.3 is 15.0 Å². The Morgan fingerprint density at radius 3 is 2.95 bits per heavy atom. The summed E-state index contributed by atoms with van der Waals surface area (Å²) in [5.41, 5.74) is 5.86. The molecule has 0 amide bonds. The second-order valence-electron chi connectivity index (χ2n) is 4.58. The molecule has 2 aliphatic rings. The minimum Gasteiger partial charge on any atom is -0.491 e. The van der Waals surface area contributed by atoms with Crippen LogP contribution >= 0.6 is 12.9 Å². The molecule has 6 nitrogen and oxygen atoms in total. The van der Waals surface area contributed by atoms with Crippen molar-refractivity contribution in [1.82, 2.24) is 5.32 Å². The first-order valence-electron chi connectivity index (χ1n) is 6.37. The number of piperazine rings is 1. The van der Waals surface area contributed by atoms with Gasteiger partial charge in [0.25, 0.3) is 0 Å². The first-order valence-corrected chi connectivity index (χ1v) is 6.73. The Kier molecular flexibility index (Phi) is 3.97. The SMILES string of the molecule is SOONc1cc2c(c(N3CCNCC3)c1)OCC2. The van der Waals surface area contributed by atoms with Gasteiger partial charge in [-0.15, -0.1) is 9.32 Å². The van der Waals surface area contributed by atoms with Gasteiger partial charge in [0, 0.05) is 51.1 Å². The number of nitrogens with zero attached hydrogens (tertiary/aromatic N) is 1. The van der Waals surface area contributed by atoms with Crippen LogP contribution in [-0.4, -0.2) is 32.8 Å². The summed E-state index contributed by atoms with van der Waals surface area (Å²) < 4.78 is 10.0. The van der Waals surface area contributed by atoms with E-state index in [1.54, 1.807) is 0 Å². The number of thiol groups is 1. The van der Waals surface area contributed by atoms with Gasteiger partial charge >= 0.3 is 0 Å². The molecule has 0 atom stereocenters. The quantitative estimate of drug-likeness (QED) is 0.334. The lowest BCUT2D eigenvalue weighted by Gasteiger charge is -2.30. The molecule has 1 aromatic rings. The summed E-state index contributed by atoms with van der Waals surface area (Å²) in [6, 6.07) is 4.03. The Morgan fingerprint density at radius 1 is 1.32 bits per heavy atom. The number of anilines is 2. The molecule has 0 radical (unpaired) electrons. The predicted octanol–water partition coefficient (Wildman–Crippen LogP) is 1.15. The van der Waals surface area contributed by atoms with Crippen LogP contribution in [0.5, 0.6) is 5.75 Å². The minimum atomic E-state index is 0.738. The smallest absolute Gasteiger partial charge is 0.146 e. The molecule has 1 saturated heterocycles. The van der Waals surface area contributed by atoms with Gasteiger partial charge in [-0.1, -0.05) is 0 Å². The molecule has 2 heterocycles. The standard InChI is InChI=1S/C12H17N3O3S/c19-18-17-14-10-7-9-1-6-16-12(9)11(8-10)15-4-2-13-3-5-15/h7-8,13-14,19H,1-6H2. The van der Waals surface area contributed by atoms with Crippen molar-refractivity contribution in [2.75, 3.05) is 43.2 Å². The lowest BCUT2D eigenvalue weighted by atomic mass is 10.1. The van der Waals surface area contributed by atoms with E-state index in [4.69, 9.17) is 4.74 Å². The normalized spacial score (nSPS) is 18.1. The van der Waals surface area contributed by atoms with Crippen LogP contribution in [0.25, 0.3) is 0 Å². The third-order valence-electron chi connectivity index (χ3n) is 3.42. The number of nitrogens with one attached hydrogen (secondary N) is 2. The van der Waals surface area contributed by atoms with Crippen LogP contribution in [0.4, 0.5) is 11.4 Å². The maximum absolute atomic E-state index is 5.77. The fraction of sp³-hybridized carbons (Fsp3) is 0.500. The minimum absolute atomic E-state index is 0.738. The van der Waals surface area contributed by atoms with E-state index in [1.165, 1.54) is 5.56 Å². The summed E-state index contributed by atoms with van der Waals surface area (Å²) >= 11 is 3.53. The molecule has 0 spiro atoms. The second kappa shape index (κ2) is 5.87. The van der Waals surface area contributed by atoms with Gasteiger partial charge in [-0.25, -0.2) is 5.48 Å². The average molecular weight is 283 g/mol. The lowest BCUT2D eigenvalue weighted by molar-refractivity contribution is -0.158. The maximum atomic E-state index is 5.77. The summed E-state index contributed by atoms with van der Waals surface area (Å²) in [5.74, 6) is 0.999. The first-order chi connectivity index (χ1) is 9.38. The van der Waals surface area contributed by atoms with Crippen molar-refractivity contribution in [2.45, 2.75) is 6.42 Å². The van der Waals surface area contributed by atoms with E-state index in [1.807, 2.05) is 12.1 Å². The number of benzene rings is 1. The van der Waals surface area contributed by atoms with E-state index in [0.29, 0.717) is 0 Å². The van der Waals surface area contributed by atoms with Crippen LogP contribution in [0.3, 0.4) is 0 Å². The molecule has 0 saturated carbocycles. The fourth-order valence-electron chi connectivity index (χ4n) is 2.55. The predicted molar refractivity (Wildman–Crippen MR) is 75.5 cm³/mol. The number of ether oxygens (including phenoxy) is 1. The summed E-state index contributed by atoms with van der Waals surface area (Å²) in [6.07, 6.45) is 0.922. The zero-order chi connectivity index (χ0) is 13.1. The molecular formula is C12H17N3O3S. The highest BCUT2D eigenvalue weighted by Gasteiger charge is 2.22. The molecule has 1 aromatic carbocycles. The zero-order valence-corrected chi connectivity index (χ0v) is 11.4. The molecule has 2 N–H and O–H groups in total. The van der Waals surface area contributed by atoms with Gasteiger partial charge in [0.15, 0.2) is 0 Å². The van der Waals surface area contributed by atoms with Crippen molar-refractivity contribution in [3.63, 3.8) is 0 Å². The summed E-state index contributed by atoms with van der Waals surface area (Å²) in [7, 11) is 0. The van der Waals surface area contributed by atoms with Crippen LogP contribution in [0.2, 0.25) is 0 Å². The summed E-state index contributed by atoms with van der Waals surface area (Å²) in [6.45, 7) is 4.67. The van der Waals surface area contributed by atoms with Crippen LogP contribution in [-0.2, 0) is 15.7 Å². The van der Waals surface area contributed by atoms with E-state index >= 15 is 0 Å². The maximum Gasteiger partial charge on any atom is 0.146 e. The number of hydrogen-bond donors (Lipinski definition) is 3. The third-order valence-corrected chi connectivity index (χ3v) is 3.49. The molecule has 0 aliphatic carbocycles. The van der Waals surface area contributed by atoms with Crippen molar-refractivity contribution >= 4 is 24.3 Å². The highest BCUT2D eigenvalue weighted by molar-refractivity contribution is 7.74. The van der Waals surface area contributed by atoms with Gasteiger partial charge in [-0.05, 0) is 12.1 Å². The Balaban J connectivity index is 1.89. The van der Waals surface area contributed by atoms with Crippen LogP contribution in [0.15, 0.2) is 12.1 Å². The van der Waals surface area contributed by atoms with Gasteiger partial charge in [0.1, 0.15) is 5.75 Å². The largest absolute Gasteiger partial charge is 0.491 e. The molecule has 0 unspecified atom stereocenters. The third kappa shape index (κ3) is 2.74. The van der Waals surface area contributed by atoms with E-state index < -0.39 is 0 Å². The average Bonchev–Trinajstić information content (AvgIpc) is 2.93. The number of hydrogen-bond acceptors (Lipinski definition) is 7. The highest BCUT2D eigenvalue weighted by atomic mass is 32.1. The Labute approximate surface area is 117 Å². The topological polar surface area (TPSA) is 55.0 Å². The Morgan fingerprint density at radius 2 is 2.16 bits per heavy atom. The molecule has 0 bridgehead atoms. The van der Waals surface area contributed by atoms with Gasteiger partial charge in [-0.3, -0.25) is 0 Å². The van der Waals surface area contributed by atoms with E-state index in [9.17, 15) is 0 Å². The molecule has 104 valence electrons.